The summed E-state index contributed by atoms with van der Waals surface area (Å²) in [6.45, 7) is 1.14. The summed E-state index contributed by atoms with van der Waals surface area (Å²) in [5.41, 5.74) is 0. The molecule has 0 radical (unpaired) electrons. The summed E-state index contributed by atoms with van der Waals surface area (Å²) in [6.07, 6.45) is 0.359. The molecule has 7 heteroatoms. The second kappa shape index (κ2) is 6.76. The molecule has 0 aromatic rings. The molecule has 0 amide bonds. The Labute approximate surface area is 90.3 Å². The van der Waals surface area contributed by atoms with Gasteiger partial charge in [-0.1, -0.05) is 0 Å². The minimum Gasteiger partial charge on any atom is -0.481 e. The number of sulfonamides is 1. The van der Waals surface area contributed by atoms with E-state index in [4.69, 9.17) is 5.11 Å². The van der Waals surface area contributed by atoms with E-state index < -0.39 is 16.0 Å². The second-order valence-electron chi connectivity index (χ2n) is 3.24. The zero-order valence-corrected chi connectivity index (χ0v) is 9.88. The van der Waals surface area contributed by atoms with Crippen LogP contribution in [0.3, 0.4) is 0 Å². The highest BCUT2D eigenvalue weighted by Gasteiger charge is 2.18. The third-order valence-corrected chi connectivity index (χ3v) is 3.80. The molecule has 0 heterocycles. The molecule has 0 aliphatic rings. The Morgan fingerprint density at radius 1 is 1.47 bits per heavy atom. The quantitative estimate of drug-likeness (QED) is 0.548. The van der Waals surface area contributed by atoms with Crippen LogP contribution in [0, 0.1) is 0 Å². The summed E-state index contributed by atoms with van der Waals surface area (Å²) >= 11 is 0. The maximum absolute atomic E-state index is 11.5. The largest absolute Gasteiger partial charge is 0.481 e. The van der Waals surface area contributed by atoms with Gasteiger partial charge in [0.1, 0.15) is 0 Å². The lowest BCUT2D eigenvalue weighted by atomic mass is 10.4. The molecule has 15 heavy (non-hydrogen) atoms. The molecule has 0 aromatic heterocycles. The van der Waals surface area contributed by atoms with Gasteiger partial charge >= 0.3 is 5.97 Å². The number of nitrogens with zero attached hydrogens (tertiary/aromatic N) is 1. The highest BCUT2D eigenvalue weighted by atomic mass is 32.2. The Balaban J connectivity index is 4.03. The van der Waals surface area contributed by atoms with E-state index >= 15 is 0 Å². The van der Waals surface area contributed by atoms with Crippen molar-refractivity contribution in [3.8, 4) is 0 Å². The van der Waals surface area contributed by atoms with Crippen LogP contribution >= 0.6 is 0 Å². The molecule has 0 aliphatic carbocycles. The van der Waals surface area contributed by atoms with Crippen LogP contribution in [0.1, 0.15) is 12.8 Å². The fraction of sp³-hybridized carbons (Fsp3) is 0.875. The zero-order chi connectivity index (χ0) is 11.9. The molecule has 0 spiro atoms. The predicted molar refractivity (Wildman–Crippen MR) is 57.2 cm³/mol. The fourth-order valence-corrected chi connectivity index (χ4v) is 2.14. The number of hydrogen-bond acceptors (Lipinski definition) is 4. The van der Waals surface area contributed by atoms with Crippen molar-refractivity contribution in [2.45, 2.75) is 12.8 Å². The number of rotatable bonds is 8. The van der Waals surface area contributed by atoms with Crippen molar-refractivity contribution < 1.29 is 18.3 Å². The summed E-state index contributed by atoms with van der Waals surface area (Å²) in [5.74, 6) is -1.43. The Bertz CT molecular complexity index is 289. The normalized spacial score (nSPS) is 11.9. The molecule has 6 nitrogen and oxygen atoms in total. The van der Waals surface area contributed by atoms with Gasteiger partial charge in [-0.15, -0.1) is 0 Å². The van der Waals surface area contributed by atoms with E-state index in [1.165, 1.54) is 11.4 Å². The van der Waals surface area contributed by atoms with Gasteiger partial charge in [-0.25, -0.2) is 12.7 Å². The van der Waals surface area contributed by atoms with Gasteiger partial charge in [0, 0.05) is 13.6 Å². The van der Waals surface area contributed by atoms with Gasteiger partial charge in [0.25, 0.3) is 0 Å². The molecular weight excluding hydrogens is 220 g/mol. The molecule has 0 unspecified atom stereocenters. The van der Waals surface area contributed by atoms with Crippen molar-refractivity contribution >= 4 is 16.0 Å². The monoisotopic (exact) mass is 238 g/mol. The number of aliphatic carboxylic acids is 1. The molecule has 0 rings (SSSR count). The first-order valence-electron chi connectivity index (χ1n) is 4.70. The van der Waals surface area contributed by atoms with Gasteiger partial charge in [-0.2, -0.15) is 0 Å². The average molecular weight is 238 g/mol. The average Bonchev–Trinajstić information content (AvgIpc) is 2.15. The lowest BCUT2D eigenvalue weighted by Crippen LogP contribution is -2.32. The van der Waals surface area contributed by atoms with Crippen molar-refractivity contribution in [1.29, 1.82) is 0 Å². The summed E-state index contributed by atoms with van der Waals surface area (Å²) in [7, 11) is -0.155. The van der Waals surface area contributed by atoms with E-state index in [2.05, 4.69) is 5.32 Å². The summed E-state index contributed by atoms with van der Waals surface area (Å²) in [5, 5.41) is 11.3. The SMILES string of the molecule is CNCCCN(C)S(=O)(=O)CCC(=O)O. The highest BCUT2D eigenvalue weighted by molar-refractivity contribution is 7.89. The topological polar surface area (TPSA) is 86.7 Å². The predicted octanol–water partition coefficient (Wildman–Crippen LogP) is -0.668. The Kier molecular flexibility index (Phi) is 6.46. The van der Waals surface area contributed by atoms with Crippen LogP contribution in [0.25, 0.3) is 0 Å². The number of carboxylic acids is 1. The number of carbonyl (C=O) groups is 1. The minimum absolute atomic E-state index is 0.335. The van der Waals surface area contributed by atoms with Gasteiger partial charge < -0.3 is 10.4 Å². The van der Waals surface area contributed by atoms with Gasteiger partial charge in [0.15, 0.2) is 0 Å². The van der Waals surface area contributed by atoms with Crippen LogP contribution in [0.5, 0.6) is 0 Å². The van der Waals surface area contributed by atoms with Crippen LogP contribution in [0.2, 0.25) is 0 Å². The van der Waals surface area contributed by atoms with Crippen LogP contribution in [0.4, 0.5) is 0 Å². The molecule has 2 N–H and O–H groups in total. The van der Waals surface area contributed by atoms with Crippen molar-refractivity contribution in [3.63, 3.8) is 0 Å². The van der Waals surface area contributed by atoms with E-state index in [0.29, 0.717) is 13.0 Å². The van der Waals surface area contributed by atoms with Crippen LogP contribution in [0.15, 0.2) is 0 Å². The van der Waals surface area contributed by atoms with Crippen LogP contribution in [-0.4, -0.2) is 56.7 Å². The van der Waals surface area contributed by atoms with Crippen molar-refractivity contribution in [3.05, 3.63) is 0 Å². The highest BCUT2D eigenvalue weighted by Crippen LogP contribution is 2.01. The first kappa shape index (κ1) is 14.3. The number of carboxylic acid groups (broad SMARTS) is 1. The molecule has 0 bridgehead atoms. The maximum atomic E-state index is 11.5. The van der Waals surface area contributed by atoms with Gasteiger partial charge in [0.05, 0.1) is 12.2 Å². The first-order valence-corrected chi connectivity index (χ1v) is 6.31. The second-order valence-corrected chi connectivity index (χ2v) is 5.43. The van der Waals surface area contributed by atoms with Crippen molar-refractivity contribution in [2.75, 3.05) is 32.9 Å². The van der Waals surface area contributed by atoms with Gasteiger partial charge in [-0.3, -0.25) is 4.79 Å². The third-order valence-electron chi connectivity index (χ3n) is 1.95. The fourth-order valence-electron chi connectivity index (χ4n) is 0.990. The van der Waals surface area contributed by atoms with Crippen LogP contribution < -0.4 is 5.32 Å². The Morgan fingerprint density at radius 2 is 2.07 bits per heavy atom. The van der Waals surface area contributed by atoms with Gasteiger partial charge in [0.2, 0.25) is 10.0 Å². The summed E-state index contributed by atoms with van der Waals surface area (Å²) in [6, 6.07) is 0. The van der Waals surface area contributed by atoms with Crippen molar-refractivity contribution in [1.82, 2.24) is 9.62 Å². The molecule has 0 atom stereocenters. The zero-order valence-electron chi connectivity index (χ0n) is 9.06. The minimum atomic E-state index is -3.41. The Morgan fingerprint density at radius 3 is 2.53 bits per heavy atom. The molecular formula is C8H18N2O4S. The molecule has 0 saturated carbocycles. The summed E-state index contributed by atoms with van der Waals surface area (Å²) in [4.78, 5) is 10.2. The van der Waals surface area contributed by atoms with Crippen LogP contribution in [-0.2, 0) is 14.8 Å². The Hall–Kier alpha value is -0.660. The van der Waals surface area contributed by atoms with E-state index in [9.17, 15) is 13.2 Å². The lowest BCUT2D eigenvalue weighted by Gasteiger charge is -2.16. The smallest absolute Gasteiger partial charge is 0.304 e. The van der Waals surface area contributed by atoms with Gasteiger partial charge in [-0.05, 0) is 20.0 Å². The molecule has 90 valence electrons. The standard InChI is InChI=1S/C8H18N2O4S/c1-9-5-3-6-10(2)15(13,14)7-4-8(11)12/h9H,3-7H2,1-2H3,(H,11,12). The van der Waals surface area contributed by atoms with Crippen molar-refractivity contribution in [2.24, 2.45) is 0 Å². The summed E-state index contributed by atoms with van der Waals surface area (Å²) < 4.78 is 24.1. The van der Waals surface area contributed by atoms with E-state index in [0.717, 1.165) is 6.54 Å². The van der Waals surface area contributed by atoms with E-state index in [1.54, 1.807) is 7.05 Å². The number of hydrogen-bond donors (Lipinski definition) is 2. The molecule has 0 fully saturated rings. The van der Waals surface area contributed by atoms with E-state index in [1.807, 2.05) is 0 Å². The number of nitrogens with one attached hydrogen (secondary N) is 1. The molecule has 0 aliphatic heterocycles. The lowest BCUT2D eigenvalue weighted by molar-refractivity contribution is -0.136. The molecule has 0 saturated heterocycles. The molecule has 0 aromatic carbocycles. The maximum Gasteiger partial charge on any atom is 0.304 e. The third kappa shape index (κ3) is 6.43. The first-order chi connectivity index (χ1) is 6.90. The van der Waals surface area contributed by atoms with E-state index in [-0.39, 0.29) is 12.2 Å².